The Morgan fingerprint density at radius 2 is 2.03 bits per heavy atom. The van der Waals surface area contributed by atoms with Crippen LogP contribution >= 0.6 is 0 Å². The third-order valence-corrected chi connectivity index (χ3v) is 6.05. The Morgan fingerprint density at radius 1 is 1.19 bits per heavy atom. The quantitative estimate of drug-likeness (QED) is 0.416. The van der Waals surface area contributed by atoms with Crippen LogP contribution in [0.2, 0.25) is 0 Å². The topological polar surface area (TPSA) is 41.2 Å². The average molecular weight is 432 g/mol. The van der Waals surface area contributed by atoms with Crippen LogP contribution in [0.3, 0.4) is 0 Å². The molecule has 0 saturated carbocycles. The van der Waals surface area contributed by atoms with E-state index in [0.717, 1.165) is 41.9 Å². The monoisotopic (exact) mass is 431 g/mol. The van der Waals surface area contributed by atoms with Gasteiger partial charge in [-0.2, -0.15) is 0 Å². The molecular formula is C27H33N3O2. The van der Waals surface area contributed by atoms with Gasteiger partial charge in [0.2, 0.25) is 0 Å². The van der Waals surface area contributed by atoms with E-state index in [2.05, 4.69) is 92.1 Å². The summed E-state index contributed by atoms with van der Waals surface area (Å²) in [6.45, 7) is 8.20. The van der Waals surface area contributed by atoms with E-state index in [4.69, 9.17) is 9.15 Å². The fourth-order valence-electron chi connectivity index (χ4n) is 4.29. The molecule has 0 spiro atoms. The van der Waals surface area contributed by atoms with Gasteiger partial charge in [-0.3, -0.25) is 4.99 Å². The number of nitrogens with zero attached hydrogens (tertiary/aromatic N) is 3. The van der Waals surface area contributed by atoms with Gasteiger partial charge in [0.1, 0.15) is 17.5 Å². The lowest BCUT2D eigenvalue weighted by molar-refractivity contribution is 0.250. The summed E-state index contributed by atoms with van der Waals surface area (Å²) in [5, 5.41) is 1.15. The first kappa shape index (κ1) is 22.2. The smallest absolute Gasteiger partial charge is 0.134 e. The van der Waals surface area contributed by atoms with E-state index >= 15 is 0 Å². The van der Waals surface area contributed by atoms with Crippen LogP contribution in [0, 0.1) is 6.92 Å². The molecule has 4 rings (SSSR count). The lowest BCUT2D eigenvalue weighted by Crippen LogP contribution is -2.34. The summed E-state index contributed by atoms with van der Waals surface area (Å²) in [5.41, 5.74) is 5.62. The van der Waals surface area contributed by atoms with E-state index in [1.54, 1.807) is 0 Å². The van der Waals surface area contributed by atoms with Crippen LogP contribution < -0.4 is 4.74 Å². The molecule has 2 atom stereocenters. The molecule has 0 radical (unpaired) electrons. The molecule has 0 saturated heterocycles. The van der Waals surface area contributed by atoms with Crippen molar-refractivity contribution in [3.05, 3.63) is 71.5 Å². The van der Waals surface area contributed by atoms with Crippen LogP contribution in [0.5, 0.6) is 5.75 Å². The maximum absolute atomic E-state index is 6.03. The minimum atomic E-state index is 0.0378. The van der Waals surface area contributed by atoms with E-state index in [1.165, 1.54) is 16.8 Å². The summed E-state index contributed by atoms with van der Waals surface area (Å²) in [6.07, 6.45) is 6.89. The molecule has 1 aliphatic rings. The Morgan fingerprint density at radius 3 is 2.84 bits per heavy atom. The van der Waals surface area contributed by atoms with Gasteiger partial charge >= 0.3 is 0 Å². The van der Waals surface area contributed by atoms with Crippen molar-refractivity contribution >= 4 is 22.9 Å². The maximum Gasteiger partial charge on any atom is 0.134 e. The number of aliphatic imine (C=N–C) groups is 1. The minimum absolute atomic E-state index is 0.0378. The van der Waals surface area contributed by atoms with Gasteiger partial charge in [-0.1, -0.05) is 12.1 Å². The largest absolute Gasteiger partial charge is 0.494 e. The molecule has 2 heterocycles. The number of furan rings is 1. The van der Waals surface area contributed by atoms with Gasteiger partial charge in [0.15, 0.2) is 0 Å². The Bertz CT molecular complexity index is 1130. The zero-order valence-electron chi connectivity index (χ0n) is 19.7. The number of hydrogen-bond donors (Lipinski definition) is 0. The molecule has 0 N–H and O–H groups in total. The third-order valence-electron chi connectivity index (χ3n) is 6.05. The summed E-state index contributed by atoms with van der Waals surface area (Å²) in [5.74, 6) is 0.919. The van der Waals surface area contributed by atoms with Gasteiger partial charge in [-0.25, -0.2) is 0 Å². The summed E-state index contributed by atoms with van der Waals surface area (Å²) in [7, 11) is 4.17. The lowest BCUT2D eigenvalue weighted by Gasteiger charge is -2.38. The van der Waals surface area contributed by atoms with Crippen molar-refractivity contribution in [1.82, 2.24) is 9.80 Å². The Kier molecular flexibility index (Phi) is 6.66. The van der Waals surface area contributed by atoms with Gasteiger partial charge in [0.25, 0.3) is 0 Å². The van der Waals surface area contributed by atoms with E-state index < -0.39 is 0 Å². The standard InChI is InChI=1S/C27H33N3O2/c1-19-18-32-27-11-10-23(17-25(19)27)26-12-13-28-21(3)30(26)20(2)22-8-6-9-24(16-22)31-15-7-14-29(4)5/h6,8-13,16-18,20-21H,7,14-15H2,1-5H3. The predicted octanol–water partition coefficient (Wildman–Crippen LogP) is 5.91. The van der Waals surface area contributed by atoms with Crippen molar-refractivity contribution in [3.63, 3.8) is 0 Å². The number of rotatable bonds is 8. The number of benzene rings is 2. The fourth-order valence-corrected chi connectivity index (χ4v) is 4.29. The Hall–Kier alpha value is -3.05. The highest BCUT2D eigenvalue weighted by Gasteiger charge is 2.26. The van der Waals surface area contributed by atoms with Crippen LogP contribution in [-0.2, 0) is 0 Å². The SMILES string of the molecule is Cc1coc2ccc(C3=CC=NC(C)N3C(C)c3cccc(OCCCN(C)C)c3)cc12. The first-order valence-corrected chi connectivity index (χ1v) is 11.3. The molecule has 5 nitrogen and oxygen atoms in total. The summed E-state index contributed by atoms with van der Waals surface area (Å²) in [6, 6.07) is 15.0. The van der Waals surface area contributed by atoms with Crippen molar-refractivity contribution in [2.75, 3.05) is 27.2 Å². The number of ether oxygens (including phenoxy) is 1. The highest BCUT2D eigenvalue weighted by atomic mass is 16.5. The molecule has 1 aliphatic heterocycles. The number of fused-ring (bicyclic) bond motifs is 1. The normalized spacial score (nSPS) is 17.1. The first-order chi connectivity index (χ1) is 15.4. The molecule has 3 aromatic rings. The molecule has 0 aliphatic carbocycles. The van der Waals surface area contributed by atoms with Crippen molar-refractivity contribution in [2.24, 2.45) is 4.99 Å². The second-order valence-corrected chi connectivity index (χ2v) is 8.77. The molecular weight excluding hydrogens is 398 g/mol. The van der Waals surface area contributed by atoms with Crippen LogP contribution in [0.15, 0.2) is 64.2 Å². The first-order valence-electron chi connectivity index (χ1n) is 11.3. The van der Waals surface area contributed by atoms with E-state index in [-0.39, 0.29) is 12.2 Å². The van der Waals surface area contributed by atoms with Gasteiger partial charge in [-0.15, -0.1) is 0 Å². The number of aryl methyl sites for hydroxylation is 1. The highest BCUT2D eigenvalue weighted by molar-refractivity contribution is 5.90. The predicted molar refractivity (Wildman–Crippen MR) is 132 cm³/mol. The van der Waals surface area contributed by atoms with Gasteiger partial charge in [-0.05, 0) is 94.4 Å². The molecule has 2 aromatic carbocycles. The van der Waals surface area contributed by atoms with Gasteiger partial charge < -0.3 is 19.0 Å². The van der Waals surface area contributed by atoms with Crippen LogP contribution in [-0.4, -0.2) is 49.4 Å². The van der Waals surface area contributed by atoms with Crippen LogP contribution in [0.25, 0.3) is 16.7 Å². The maximum atomic E-state index is 6.03. The number of allylic oxidation sites excluding steroid dienone is 1. The van der Waals surface area contributed by atoms with Crippen LogP contribution in [0.1, 0.15) is 43.0 Å². The summed E-state index contributed by atoms with van der Waals surface area (Å²) >= 11 is 0. The molecule has 32 heavy (non-hydrogen) atoms. The van der Waals surface area contributed by atoms with E-state index in [0.29, 0.717) is 0 Å². The molecule has 168 valence electrons. The van der Waals surface area contributed by atoms with Gasteiger partial charge in [0.05, 0.1) is 18.9 Å². The second kappa shape index (κ2) is 9.61. The average Bonchev–Trinajstić information content (AvgIpc) is 3.16. The zero-order chi connectivity index (χ0) is 22.7. The Balaban J connectivity index is 1.57. The van der Waals surface area contributed by atoms with Crippen molar-refractivity contribution in [2.45, 2.75) is 39.4 Å². The van der Waals surface area contributed by atoms with Crippen LogP contribution in [0.4, 0.5) is 0 Å². The summed E-state index contributed by atoms with van der Waals surface area (Å²) < 4.78 is 11.7. The summed E-state index contributed by atoms with van der Waals surface area (Å²) in [4.78, 5) is 9.23. The number of hydrogen-bond acceptors (Lipinski definition) is 5. The minimum Gasteiger partial charge on any atom is -0.494 e. The Labute approximate surface area is 191 Å². The van der Waals surface area contributed by atoms with Crippen molar-refractivity contribution in [3.8, 4) is 5.75 Å². The third kappa shape index (κ3) is 4.73. The molecule has 0 bridgehead atoms. The fraction of sp³-hybridized carbons (Fsp3) is 0.370. The van der Waals surface area contributed by atoms with E-state index in [9.17, 15) is 0 Å². The lowest BCUT2D eigenvalue weighted by atomic mass is 10.0. The van der Waals surface area contributed by atoms with Gasteiger partial charge in [0, 0.05) is 23.8 Å². The zero-order valence-corrected chi connectivity index (χ0v) is 19.7. The molecule has 0 amide bonds. The molecule has 1 aromatic heterocycles. The molecule has 2 unspecified atom stereocenters. The van der Waals surface area contributed by atoms with Crippen molar-refractivity contribution in [1.29, 1.82) is 0 Å². The van der Waals surface area contributed by atoms with E-state index in [1.807, 2.05) is 18.5 Å². The second-order valence-electron chi connectivity index (χ2n) is 8.77. The molecule has 5 heteroatoms. The van der Waals surface area contributed by atoms with Crippen molar-refractivity contribution < 1.29 is 9.15 Å². The highest BCUT2D eigenvalue weighted by Crippen LogP contribution is 2.36. The molecule has 0 fully saturated rings.